The summed E-state index contributed by atoms with van der Waals surface area (Å²) in [6, 6.07) is 7.77. The number of ketones is 1. The van der Waals surface area contributed by atoms with E-state index in [9.17, 15) is 18.0 Å². The van der Waals surface area contributed by atoms with Crippen LogP contribution in [0.4, 0.5) is 13.2 Å². The number of carbonyl (C=O) groups excluding carboxylic acids is 1. The van der Waals surface area contributed by atoms with Crippen LogP contribution in [0.2, 0.25) is 0 Å². The number of rotatable bonds is 4. The van der Waals surface area contributed by atoms with Crippen molar-refractivity contribution in [1.29, 1.82) is 0 Å². The second-order valence-corrected chi connectivity index (χ2v) is 9.84. The predicted octanol–water partition coefficient (Wildman–Crippen LogP) is 4.18. The fourth-order valence-corrected chi connectivity index (χ4v) is 4.20. The Balaban J connectivity index is 0.00000107. The van der Waals surface area contributed by atoms with Crippen molar-refractivity contribution >= 4 is 23.4 Å². The fourth-order valence-electron chi connectivity index (χ4n) is 4.20. The van der Waals surface area contributed by atoms with Crippen molar-refractivity contribution in [1.82, 2.24) is 34.6 Å². The van der Waals surface area contributed by atoms with Crippen LogP contribution in [0.5, 0.6) is 0 Å². The van der Waals surface area contributed by atoms with E-state index in [-0.39, 0.29) is 18.8 Å². The third-order valence-corrected chi connectivity index (χ3v) is 6.05. The molecule has 0 bridgehead atoms. The monoisotopic (exact) mass is 529 g/mol. The second-order valence-electron chi connectivity index (χ2n) is 9.84. The van der Waals surface area contributed by atoms with Gasteiger partial charge < -0.3 is 14.7 Å². The molecule has 1 aromatic carbocycles. The Morgan fingerprint density at radius 1 is 1.13 bits per heavy atom. The number of hydrogen-bond acceptors (Lipinski definition) is 7. The molecule has 0 radical (unpaired) electrons. The Morgan fingerprint density at radius 3 is 2.45 bits per heavy atom. The Kier molecular flexibility index (Phi) is 7.31. The van der Waals surface area contributed by atoms with Crippen LogP contribution in [0.15, 0.2) is 36.7 Å². The van der Waals surface area contributed by atoms with Crippen LogP contribution < -0.4 is 0 Å². The molecule has 1 aliphatic rings. The first-order valence-electron chi connectivity index (χ1n) is 11.7. The highest BCUT2D eigenvalue weighted by atomic mass is 19.4. The van der Waals surface area contributed by atoms with Gasteiger partial charge in [0.05, 0.1) is 24.0 Å². The summed E-state index contributed by atoms with van der Waals surface area (Å²) in [7, 11) is 0. The first kappa shape index (κ1) is 26.9. The molecule has 0 saturated carbocycles. The molecule has 10 nitrogen and oxygen atoms in total. The largest absolute Gasteiger partial charge is 0.483 e. The minimum absolute atomic E-state index is 0.00901. The molecule has 38 heavy (non-hydrogen) atoms. The molecular weight excluding hydrogens is 503 g/mol. The molecular formula is C25H26F3N7O3. The molecule has 0 saturated heterocycles. The van der Waals surface area contributed by atoms with Crippen molar-refractivity contribution in [3.63, 3.8) is 0 Å². The van der Waals surface area contributed by atoms with Gasteiger partial charge in [0.1, 0.15) is 11.3 Å². The summed E-state index contributed by atoms with van der Waals surface area (Å²) < 4.78 is 40.3. The van der Waals surface area contributed by atoms with Crippen LogP contribution in [-0.4, -0.2) is 58.5 Å². The van der Waals surface area contributed by atoms with Gasteiger partial charge >= 0.3 is 6.18 Å². The van der Waals surface area contributed by atoms with Gasteiger partial charge in [0.25, 0.3) is 6.47 Å². The van der Waals surface area contributed by atoms with Crippen molar-refractivity contribution in [2.45, 2.75) is 46.6 Å². The number of Topliss-reactive ketones (excluding diaryl/α,β-unsaturated/α-hetero) is 1. The van der Waals surface area contributed by atoms with Crippen LogP contribution in [0, 0.1) is 5.41 Å². The zero-order chi connectivity index (χ0) is 27.7. The number of carboxylic acid groups (broad SMARTS) is 1. The summed E-state index contributed by atoms with van der Waals surface area (Å²) in [5, 5.41) is 14.0. The number of alkyl halides is 3. The molecule has 13 heteroatoms. The van der Waals surface area contributed by atoms with E-state index in [0.717, 1.165) is 15.7 Å². The number of halogens is 3. The quantitative estimate of drug-likeness (QED) is 0.298. The van der Waals surface area contributed by atoms with Gasteiger partial charge in [-0.3, -0.25) is 14.5 Å². The smallest absolute Gasteiger partial charge is 0.451 e. The third kappa shape index (κ3) is 5.57. The molecule has 5 rings (SSSR count). The first-order chi connectivity index (χ1) is 17.9. The molecule has 4 aromatic rings. The minimum Gasteiger partial charge on any atom is -0.483 e. The van der Waals surface area contributed by atoms with Gasteiger partial charge in [-0.25, -0.2) is 9.97 Å². The lowest BCUT2D eigenvalue weighted by Gasteiger charge is -2.27. The lowest BCUT2D eigenvalue weighted by molar-refractivity contribution is -0.148. The fraction of sp³-hybridized carbons (Fsp3) is 0.360. The van der Waals surface area contributed by atoms with Crippen molar-refractivity contribution in [2.75, 3.05) is 6.54 Å². The Morgan fingerprint density at radius 2 is 1.82 bits per heavy atom. The lowest BCUT2D eigenvalue weighted by Crippen LogP contribution is -2.34. The molecule has 2 N–H and O–H groups in total. The molecule has 0 aliphatic carbocycles. The number of aromatic amines is 1. The van der Waals surface area contributed by atoms with E-state index in [4.69, 9.17) is 14.9 Å². The molecule has 1 aliphatic heterocycles. The number of nitrogens with one attached hydrogen (secondary N) is 1. The number of nitrogens with zero attached hydrogens (tertiary/aromatic N) is 6. The van der Waals surface area contributed by atoms with E-state index in [1.54, 1.807) is 12.4 Å². The highest BCUT2D eigenvalue weighted by molar-refractivity contribution is 6.08. The number of hydrogen-bond donors (Lipinski definition) is 2. The van der Waals surface area contributed by atoms with Crippen LogP contribution in [0.3, 0.4) is 0 Å². The number of H-pyrrole nitrogens is 1. The molecule has 0 atom stereocenters. The Labute approximate surface area is 215 Å². The van der Waals surface area contributed by atoms with E-state index in [1.165, 1.54) is 0 Å². The maximum absolute atomic E-state index is 13.0. The predicted molar refractivity (Wildman–Crippen MR) is 131 cm³/mol. The molecule has 0 amide bonds. The molecule has 0 spiro atoms. The molecule has 3 aromatic heterocycles. The van der Waals surface area contributed by atoms with Crippen LogP contribution in [0.25, 0.3) is 22.4 Å². The van der Waals surface area contributed by atoms with E-state index in [1.807, 2.05) is 49.9 Å². The number of fused-ring (bicyclic) bond motifs is 2. The number of carbonyl (C=O) groups is 2. The lowest BCUT2D eigenvalue weighted by atomic mass is 9.87. The summed E-state index contributed by atoms with van der Waals surface area (Å²) >= 11 is 0. The van der Waals surface area contributed by atoms with Gasteiger partial charge in [-0.05, 0) is 5.56 Å². The Bertz CT molecular complexity index is 1450. The van der Waals surface area contributed by atoms with Gasteiger partial charge in [-0.2, -0.15) is 13.2 Å². The molecule has 4 heterocycles. The summed E-state index contributed by atoms with van der Waals surface area (Å²) in [5.41, 5.74) is 3.60. The highest BCUT2D eigenvalue weighted by Gasteiger charge is 2.39. The van der Waals surface area contributed by atoms with Crippen molar-refractivity contribution in [3.05, 3.63) is 59.4 Å². The van der Waals surface area contributed by atoms with Crippen LogP contribution in [0.1, 0.15) is 48.3 Å². The summed E-state index contributed by atoms with van der Waals surface area (Å²) in [5.74, 6) is -0.634. The van der Waals surface area contributed by atoms with Gasteiger partial charge in [0, 0.05) is 36.8 Å². The van der Waals surface area contributed by atoms with Crippen molar-refractivity contribution in [2.24, 2.45) is 5.41 Å². The topological polar surface area (TPSA) is 130 Å². The van der Waals surface area contributed by atoms with E-state index in [0.29, 0.717) is 47.9 Å². The van der Waals surface area contributed by atoms with Gasteiger partial charge in [0.15, 0.2) is 11.4 Å². The van der Waals surface area contributed by atoms with Gasteiger partial charge in [0.2, 0.25) is 5.82 Å². The van der Waals surface area contributed by atoms with E-state index >= 15 is 0 Å². The van der Waals surface area contributed by atoms with Crippen LogP contribution >= 0.6 is 0 Å². The second kappa shape index (κ2) is 10.3. The normalized spacial score (nSPS) is 14.1. The molecule has 0 fully saturated rings. The van der Waals surface area contributed by atoms with E-state index < -0.39 is 17.4 Å². The maximum Gasteiger partial charge on any atom is 0.451 e. The molecule has 200 valence electrons. The molecule has 0 unspecified atom stereocenters. The standard InChI is InChI=1S/C24H24F3N7O.CH2O2/c1-23(2,3)20(35)16-10-28-21-19(16)30-17(11-29-21)15-6-4-14(5-7-15)12-33-8-9-34-18(13-33)31-32-22(34)24(25,26)27;2-1-3/h4-7,10-11H,8-9,12-13H2,1-3H3,(H,28,29);1H,(H,2,3). The zero-order valence-corrected chi connectivity index (χ0v) is 21.0. The summed E-state index contributed by atoms with van der Waals surface area (Å²) in [6.45, 7) is 6.88. The average molecular weight is 530 g/mol. The van der Waals surface area contributed by atoms with Crippen molar-refractivity contribution < 1.29 is 27.9 Å². The van der Waals surface area contributed by atoms with Gasteiger partial charge in [-0.1, -0.05) is 45.0 Å². The number of benzene rings is 1. The summed E-state index contributed by atoms with van der Waals surface area (Å²) in [6.07, 6.45) is -1.19. The first-order valence-corrected chi connectivity index (χ1v) is 11.7. The van der Waals surface area contributed by atoms with Gasteiger partial charge in [-0.15, -0.1) is 10.2 Å². The van der Waals surface area contributed by atoms with Crippen molar-refractivity contribution in [3.8, 4) is 11.3 Å². The highest BCUT2D eigenvalue weighted by Crippen LogP contribution is 2.30. The zero-order valence-electron chi connectivity index (χ0n) is 21.0. The number of aromatic nitrogens is 6. The SMILES string of the molecule is CC(C)(C)C(=O)c1c[nH]c2ncc(-c3ccc(CN4CCn5c(nnc5C(F)(F)F)C4)cc3)nc12.O=CO. The maximum atomic E-state index is 13.0. The van der Waals surface area contributed by atoms with E-state index in [2.05, 4.69) is 20.2 Å². The minimum atomic E-state index is -4.50. The van der Waals surface area contributed by atoms with Crippen LogP contribution in [-0.2, 0) is 30.6 Å². The third-order valence-electron chi connectivity index (χ3n) is 6.05. The average Bonchev–Trinajstić information content (AvgIpc) is 3.47. The summed E-state index contributed by atoms with van der Waals surface area (Å²) in [4.78, 5) is 35.3. The Hall–Kier alpha value is -4.13.